The van der Waals surface area contributed by atoms with Gasteiger partial charge in [0.2, 0.25) is 0 Å². The predicted octanol–water partition coefficient (Wildman–Crippen LogP) is 3.34. The number of nitrogens with two attached hydrogens (primary N) is 1. The van der Waals surface area contributed by atoms with Crippen LogP contribution in [-0.2, 0) is 6.61 Å². The molecule has 3 rings (SSSR count). The van der Waals surface area contributed by atoms with Gasteiger partial charge in [-0.25, -0.2) is 0 Å². The third-order valence-corrected chi connectivity index (χ3v) is 3.23. The van der Waals surface area contributed by atoms with E-state index in [1.54, 1.807) is 7.11 Å². The Morgan fingerprint density at radius 2 is 1.95 bits per heavy atom. The van der Waals surface area contributed by atoms with Gasteiger partial charge in [0.15, 0.2) is 0 Å². The second kappa shape index (κ2) is 5.17. The molecule has 0 aliphatic rings. The lowest BCUT2D eigenvalue weighted by molar-refractivity contribution is 0.305. The molecule has 3 aromatic rings. The van der Waals surface area contributed by atoms with Crippen LogP contribution in [0.3, 0.4) is 0 Å². The first-order valence-electron chi connectivity index (χ1n) is 6.38. The smallest absolute Gasteiger partial charge is 0.123 e. The average Bonchev–Trinajstić information content (AvgIpc) is 2.87. The SMILES string of the molecule is COc1cccc(OCc2c[nH]c3ccc(N)cc23)c1. The zero-order valence-corrected chi connectivity index (χ0v) is 11.2. The van der Waals surface area contributed by atoms with E-state index in [1.807, 2.05) is 48.7 Å². The molecule has 0 spiro atoms. The van der Waals surface area contributed by atoms with Gasteiger partial charge in [-0.2, -0.15) is 0 Å². The molecule has 0 bridgehead atoms. The van der Waals surface area contributed by atoms with Crippen LogP contribution >= 0.6 is 0 Å². The standard InChI is InChI=1S/C16H16N2O2/c1-19-13-3-2-4-14(8-13)20-10-11-9-18-16-6-5-12(17)7-15(11)16/h2-9,18H,10,17H2,1H3. The number of hydrogen-bond acceptors (Lipinski definition) is 3. The van der Waals surface area contributed by atoms with Gasteiger partial charge in [0.25, 0.3) is 0 Å². The molecule has 4 heteroatoms. The zero-order valence-electron chi connectivity index (χ0n) is 11.2. The van der Waals surface area contributed by atoms with E-state index in [1.165, 1.54) is 0 Å². The number of ether oxygens (including phenoxy) is 2. The van der Waals surface area contributed by atoms with E-state index in [0.717, 1.165) is 33.7 Å². The number of aromatic amines is 1. The highest BCUT2D eigenvalue weighted by Crippen LogP contribution is 2.24. The molecule has 3 N–H and O–H groups in total. The fourth-order valence-electron chi connectivity index (χ4n) is 2.17. The first-order chi connectivity index (χ1) is 9.76. The molecule has 2 aromatic carbocycles. The van der Waals surface area contributed by atoms with Crippen LogP contribution in [0.1, 0.15) is 5.56 Å². The molecule has 1 heterocycles. The Morgan fingerprint density at radius 3 is 2.80 bits per heavy atom. The quantitative estimate of drug-likeness (QED) is 0.713. The molecule has 0 saturated heterocycles. The number of methoxy groups -OCH3 is 1. The fourth-order valence-corrected chi connectivity index (χ4v) is 2.17. The van der Waals surface area contributed by atoms with Crippen molar-refractivity contribution in [2.45, 2.75) is 6.61 Å². The minimum atomic E-state index is 0.483. The maximum atomic E-state index is 5.83. The van der Waals surface area contributed by atoms with Crippen molar-refractivity contribution in [1.29, 1.82) is 0 Å². The lowest BCUT2D eigenvalue weighted by Gasteiger charge is -2.07. The minimum absolute atomic E-state index is 0.483. The van der Waals surface area contributed by atoms with Crippen molar-refractivity contribution in [1.82, 2.24) is 4.98 Å². The molecule has 0 amide bonds. The summed E-state index contributed by atoms with van der Waals surface area (Å²) in [6.07, 6.45) is 1.95. The summed E-state index contributed by atoms with van der Waals surface area (Å²) >= 11 is 0. The lowest BCUT2D eigenvalue weighted by atomic mass is 10.1. The van der Waals surface area contributed by atoms with Crippen molar-refractivity contribution < 1.29 is 9.47 Å². The van der Waals surface area contributed by atoms with Crippen LogP contribution in [0.25, 0.3) is 10.9 Å². The van der Waals surface area contributed by atoms with Crippen molar-refractivity contribution in [3.63, 3.8) is 0 Å². The molecular weight excluding hydrogens is 252 g/mol. The van der Waals surface area contributed by atoms with Crippen molar-refractivity contribution in [2.75, 3.05) is 12.8 Å². The topological polar surface area (TPSA) is 60.3 Å². The molecule has 1 aromatic heterocycles. The van der Waals surface area contributed by atoms with Crippen molar-refractivity contribution in [3.05, 3.63) is 54.2 Å². The minimum Gasteiger partial charge on any atom is -0.497 e. The highest BCUT2D eigenvalue weighted by atomic mass is 16.5. The van der Waals surface area contributed by atoms with Crippen LogP contribution in [-0.4, -0.2) is 12.1 Å². The van der Waals surface area contributed by atoms with E-state index in [-0.39, 0.29) is 0 Å². The van der Waals surface area contributed by atoms with E-state index < -0.39 is 0 Å². The Bertz CT molecular complexity index is 734. The van der Waals surface area contributed by atoms with Gasteiger partial charge >= 0.3 is 0 Å². The Kier molecular flexibility index (Phi) is 3.21. The average molecular weight is 268 g/mol. The maximum absolute atomic E-state index is 5.83. The number of H-pyrrole nitrogens is 1. The second-order valence-corrected chi connectivity index (χ2v) is 4.59. The van der Waals surface area contributed by atoms with E-state index >= 15 is 0 Å². The van der Waals surface area contributed by atoms with Gasteiger partial charge in [0.05, 0.1) is 7.11 Å². The number of fused-ring (bicyclic) bond motifs is 1. The van der Waals surface area contributed by atoms with Crippen LogP contribution in [0.2, 0.25) is 0 Å². The zero-order chi connectivity index (χ0) is 13.9. The third kappa shape index (κ3) is 2.40. The van der Waals surface area contributed by atoms with Gasteiger partial charge in [0, 0.05) is 34.4 Å². The van der Waals surface area contributed by atoms with Gasteiger partial charge in [-0.15, -0.1) is 0 Å². The normalized spacial score (nSPS) is 10.7. The van der Waals surface area contributed by atoms with Gasteiger partial charge in [-0.1, -0.05) is 6.07 Å². The molecule has 0 saturated carbocycles. The lowest BCUT2D eigenvalue weighted by Crippen LogP contribution is -1.95. The highest BCUT2D eigenvalue weighted by molar-refractivity contribution is 5.85. The summed E-state index contributed by atoms with van der Waals surface area (Å²) < 4.78 is 11.0. The fraction of sp³-hybridized carbons (Fsp3) is 0.125. The van der Waals surface area contributed by atoms with Gasteiger partial charge in [-0.05, 0) is 30.3 Å². The molecule has 0 unspecified atom stereocenters. The van der Waals surface area contributed by atoms with Crippen molar-refractivity contribution >= 4 is 16.6 Å². The summed E-state index contributed by atoms with van der Waals surface area (Å²) in [5.41, 5.74) is 8.71. The Labute approximate surface area is 117 Å². The Hall–Kier alpha value is -2.62. The van der Waals surface area contributed by atoms with Gasteiger partial charge in [-0.3, -0.25) is 0 Å². The number of nitrogen functional groups attached to an aromatic ring is 1. The van der Waals surface area contributed by atoms with Gasteiger partial charge < -0.3 is 20.2 Å². The first-order valence-corrected chi connectivity index (χ1v) is 6.38. The van der Waals surface area contributed by atoms with Crippen LogP contribution in [0.4, 0.5) is 5.69 Å². The number of anilines is 1. The Balaban J connectivity index is 1.81. The second-order valence-electron chi connectivity index (χ2n) is 4.59. The maximum Gasteiger partial charge on any atom is 0.123 e. The largest absolute Gasteiger partial charge is 0.497 e. The third-order valence-electron chi connectivity index (χ3n) is 3.23. The summed E-state index contributed by atoms with van der Waals surface area (Å²) in [7, 11) is 1.64. The summed E-state index contributed by atoms with van der Waals surface area (Å²) in [4.78, 5) is 3.21. The number of aromatic nitrogens is 1. The first kappa shape index (κ1) is 12.4. The molecule has 0 radical (unpaired) electrons. The van der Waals surface area contributed by atoms with E-state index in [0.29, 0.717) is 6.61 Å². The Morgan fingerprint density at radius 1 is 1.10 bits per heavy atom. The summed E-state index contributed by atoms with van der Waals surface area (Å²) in [5.74, 6) is 1.56. The molecule has 0 atom stereocenters. The molecule has 102 valence electrons. The molecule has 4 nitrogen and oxygen atoms in total. The molecule has 20 heavy (non-hydrogen) atoms. The summed E-state index contributed by atoms with van der Waals surface area (Å²) in [6, 6.07) is 13.4. The molecular formula is C16H16N2O2. The van der Waals surface area contributed by atoms with E-state index in [4.69, 9.17) is 15.2 Å². The van der Waals surface area contributed by atoms with Crippen LogP contribution in [0, 0.1) is 0 Å². The van der Waals surface area contributed by atoms with Crippen LogP contribution in [0.5, 0.6) is 11.5 Å². The van der Waals surface area contributed by atoms with Gasteiger partial charge in [0.1, 0.15) is 18.1 Å². The number of benzene rings is 2. The van der Waals surface area contributed by atoms with Crippen LogP contribution in [0.15, 0.2) is 48.7 Å². The monoisotopic (exact) mass is 268 g/mol. The van der Waals surface area contributed by atoms with Crippen molar-refractivity contribution in [2.24, 2.45) is 0 Å². The molecule has 0 fully saturated rings. The molecule has 0 aliphatic heterocycles. The highest BCUT2D eigenvalue weighted by Gasteiger charge is 2.05. The number of nitrogens with one attached hydrogen (secondary N) is 1. The predicted molar refractivity (Wildman–Crippen MR) is 80.0 cm³/mol. The van der Waals surface area contributed by atoms with Crippen molar-refractivity contribution in [3.8, 4) is 11.5 Å². The van der Waals surface area contributed by atoms with E-state index in [2.05, 4.69) is 4.98 Å². The summed E-state index contributed by atoms with van der Waals surface area (Å²) in [5, 5.41) is 1.09. The van der Waals surface area contributed by atoms with Crippen LogP contribution < -0.4 is 15.2 Å². The van der Waals surface area contributed by atoms with E-state index in [9.17, 15) is 0 Å². The number of rotatable bonds is 4. The molecule has 0 aliphatic carbocycles. The summed E-state index contributed by atoms with van der Waals surface area (Å²) in [6.45, 7) is 0.483. The number of hydrogen-bond donors (Lipinski definition) is 2.